The fourth-order valence-electron chi connectivity index (χ4n) is 1.92. The molecule has 0 aromatic carbocycles. The zero-order valence-electron chi connectivity index (χ0n) is 11.5. The van der Waals surface area contributed by atoms with E-state index in [1.54, 1.807) is 6.92 Å². The van der Waals surface area contributed by atoms with Crippen LogP contribution in [0.3, 0.4) is 0 Å². The normalized spacial score (nSPS) is 17.9. The predicted octanol–water partition coefficient (Wildman–Crippen LogP) is 0.753. The van der Waals surface area contributed by atoms with Crippen LogP contribution in [0.4, 0.5) is 0 Å². The highest BCUT2D eigenvalue weighted by Crippen LogP contribution is 2.06. The number of carbonyl (C=O) groups excluding carboxylic acids is 1. The van der Waals surface area contributed by atoms with E-state index in [4.69, 9.17) is 14.6 Å². The van der Waals surface area contributed by atoms with Gasteiger partial charge in [0.1, 0.15) is 0 Å². The first-order valence-corrected chi connectivity index (χ1v) is 6.78. The number of hydrogen-bond acceptors (Lipinski definition) is 5. The summed E-state index contributed by atoms with van der Waals surface area (Å²) in [6.07, 6.45) is 1.61. The average Bonchev–Trinajstić information content (AvgIpc) is 2.38. The lowest BCUT2D eigenvalue weighted by Gasteiger charge is -2.26. The van der Waals surface area contributed by atoms with E-state index >= 15 is 0 Å². The summed E-state index contributed by atoms with van der Waals surface area (Å²) in [6.45, 7) is 6.46. The summed E-state index contributed by atoms with van der Waals surface area (Å²) in [5.41, 5.74) is 0. The van der Waals surface area contributed by atoms with E-state index < -0.39 is 17.9 Å². The Kier molecular flexibility index (Phi) is 7.43. The molecule has 6 nitrogen and oxygen atoms in total. The Morgan fingerprint density at radius 3 is 2.63 bits per heavy atom. The largest absolute Gasteiger partial charge is 0.481 e. The smallest absolute Gasteiger partial charge is 0.309 e. The van der Waals surface area contributed by atoms with Gasteiger partial charge in [0.2, 0.25) is 0 Å². The monoisotopic (exact) mass is 273 g/mol. The van der Waals surface area contributed by atoms with Crippen LogP contribution in [0.1, 0.15) is 26.2 Å². The molecule has 0 saturated carbocycles. The number of hydrogen-bond donors (Lipinski definition) is 1. The molecule has 0 spiro atoms. The molecule has 1 rings (SSSR count). The Balaban J connectivity index is 2.00. The molecule has 1 aliphatic rings. The Hall–Kier alpha value is -1.14. The lowest BCUT2D eigenvalue weighted by atomic mass is 10.1. The second-order valence-corrected chi connectivity index (χ2v) is 4.83. The van der Waals surface area contributed by atoms with Gasteiger partial charge in [0, 0.05) is 13.1 Å². The van der Waals surface area contributed by atoms with Gasteiger partial charge in [-0.2, -0.15) is 0 Å². The SMILES string of the molecule is CC(CC(=O)O)C(=O)OCCCCN1CCOCC1. The quantitative estimate of drug-likeness (QED) is 0.519. The topological polar surface area (TPSA) is 76.1 Å². The second kappa shape index (κ2) is 8.87. The number of rotatable bonds is 8. The molecule has 0 bridgehead atoms. The Bertz CT molecular complexity index is 289. The molecule has 1 unspecified atom stereocenters. The van der Waals surface area contributed by atoms with Crippen molar-refractivity contribution in [1.82, 2.24) is 4.90 Å². The van der Waals surface area contributed by atoms with Crippen molar-refractivity contribution in [2.24, 2.45) is 5.92 Å². The highest BCUT2D eigenvalue weighted by atomic mass is 16.5. The molecule has 0 aliphatic carbocycles. The maximum absolute atomic E-state index is 11.4. The molecule has 1 fully saturated rings. The number of morpholine rings is 1. The zero-order chi connectivity index (χ0) is 14.1. The van der Waals surface area contributed by atoms with Crippen molar-refractivity contribution >= 4 is 11.9 Å². The van der Waals surface area contributed by atoms with Gasteiger partial charge in [-0.1, -0.05) is 6.92 Å². The van der Waals surface area contributed by atoms with Crippen LogP contribution in [0.2, 0.25) is 0 Å². The van der Waals surface area contributed by atoms with Gasteiger partial charge in [0.05, 0.1) is 32.2 Å². The Morgan fingerprint density at radius 1 is 1.32 bits per heavy atom. The molecule has 6 heteroatoms. The van der Waals surface area contributed by atoms with Crippen LogP contribution in [0.5, 0.6) is 0 Å². The molecular weight excluding hydrogens is 250 g/mol. The molecule has 0 aromatic rings. The predicted molar refractivity (Wildman–Crippen MR) is 68.9 cm³/mol. The summed E-state index contributed by atoms with van der Waals surface area (Å²) in [5.74, 6) is -1.97. The van der Waals surface area contributed by atoms with Gasteiger partial charge in [-0.25, -0.2) is 0 Å². The van der Waals surface area contributed by atoms with Gasteiger partial charge in [0.25, 0.3) is 0 Å². The summed E-state index contributed by atoms with van der Waals surface area (Å²) >= 11 is 0. The van der Waals surface area contributed by atoms with Crippen LogP contribution in [0.25, 0.3) is 0 Å². The van der Waals surface area contributed by atoms with E-state index in [0.717, 1.165) is 45.7 Å². The molecule has 1 N–H and O–H groups in total. The van der Waals surface area contributed by atoms with E-state index in [2.05, 4.69) is 4.90 Å². The summed E-state index contributed by atoms with van der Waals surface area (Å²) in [6, 6.07) is 0. The van der Waals surface area contributed by atoms with Crippen molar-refractivity contribution in [2.45, 2.75) is 26.2 Å². The number of unbranched alkanes of at least 4 members (excludes halogenated alkanes) is 1. The molecule has 19 heavy (non-hydrogen) atoms. The summed E-state index contributed by atoms with van der Waals surface area (Å²) < 4.78 is 10.3. The average molecular weight is 273 g/mol. The highest BCUT2D eigenvalue weighted by Gasteiger charge is 2.17. The third-order valence-electron chi connectivity index (χ3n) is 3.10. The number of carboxylic acid groups (broad SMARTS) is 1. The number of carboxylic acids is 1. The fraction of sp³-hybridized carbons (Fsp3) is 0.846. The van der Waals surface area contributed by atoms with Crippen LogP contribution < -0.4 is 0 Å². The molecular formula is C13H23NO5. The lowest BCUT2D eigenvalue weighted by Crippen LogP contribution is -2.36. The van der Waals surface area contributed by atoms with Gasteiger partial charge in [-0.15, -0.1) is 0 Å². The van der Waals surface area contributed by atoms with E-state index in [1.807, 2.05) is 0 Å². The second-order valence-electron chi connectivity index (χ2n) is 4.83. The van der Waals surface area contributed by atoms with Gasteiger partial charge < -0.3 is 14.6 Å². The van der Waals surface area contributed by atoms with Gasteiger partial charge in [-0.3, -0.25) is 14.5 Å². The summed E-state index contributed by atoms with van der Waals surface area (Å²) in [7, 11) is 0. The van der Waals surface area contributed by atoms with Gasteiger partial charge >= 0.3 is 11.9 Å². The minimum atomic E-state index is -0.975. The van der Waals surface area contributed by atoms with Crippen LogP contribution in [-0.2, 0) is 19.1 Å². The molecule has 0 radical (unpaired) electrons. The molecule has 110 valence electrons. The molecule has 1 saturated heterocycles. The lowest BCUT2D eigenvalue weighted by molar-refractivity contribution is -0.152. The molecule has 0 amide bonds. The first kappa shape index (κ1) is 15.9. The van der Waals surface area contributed by atoms with Crippen molar-refractivity contribution in [3.8, 4) is 0 Å². The minimum absolute atomic E-state index is 0.174. The van der Waals surface area contributed by atoms with Gasteiger partial charge in [-0.05, 0) is 19.4 Å². The highest BCUT2D eigenvalue weighted by molar-refractivity contribution is 5.78. The van der Waals surface area contributed by atoms with Crippen molar-refractivity contribution in [2.75, 3.05) is 39.5 Å². The molecule has 0 aromatic heterocycles. The van der Waals surface area contributed by atoms with Crippen LogP contribution in [0.15, 0.2) is 0 Å². The Labute approximate surface area is 113 Å². The molecule has 1 heterocycles. The maximum Gasteiger partial charge on any atom is 0.309 e. The van der Waals surface area contributed by atoms with Crippen LogP contribution in [0, 0.1) is 5.92 Å². The minimum Gasteiger partial charge on any atom is -0.481 e. The maximum atomic E-state index is 11.4. The van der Waals surface area contributed by atoms with Crippen LogP contribution in [-0.4, -0.2) is 61.4 Å². The molecule has 1 atom stereocenters. The number of nitrogens with zero attached hydrogens (tertiary/aromatic N) is 1. The van der Waals surface area contributed by atoms with Crippen molar-refractivity contribution < 1.29 is 24.2 Å². The third-order valence-corrected chi connectivity index (χ3v) is 3.10. The summed E-state index contributed by atoms with van der Waals surface area (Å²) in [5, 5.41) is 8.56. The summed E-state index contributed by atoms with van der Waals surface area (Å²) in [4.78, 5) is 24.2. The van der Waals surface area contributed by atoms with E-state index in [9.17, 15) is 9.59 Å². The van der Waals surface area contributed by atoms with Gasteiger partial charge in [0.15, 0.2) is 0 Å². The first-order valence-electron chi connectivity index (χ1n) is 6.78. The van der Waals surface area contributed by atoms with Crippen LogP contribution >= 0.6 is 0 Å². The standard InChI is InChI=1S/C13H23NO5/c1-11(10-12(15)16)13(17)19-7-3-2-4-14-5-8-18-9-6-14/h11H,2-10H2,1H3,(H,15,16). The van der Waals surface area contributed by atoms with Crippen molar-refractivity contribution in [3.63, 3.8) is 0 Å². The third kappa shape index (κ3) is 7.12. The number of aliphatic carboxylic acids is 1. The first-order chi connectivity index (χ1) is 9.09. The van der Waals surface area contributed by atoms with Crippen molar-refractivity contribution in [3.05, 3.63) is 0 Å². The van der Waals surface area contributed by atoms with E-state index in [-0.39, 0.29) is 6.42 Å². The zero-order valence-corrected chi connectivity index (χ0v) is 11.5. The molecule has 1 aliphatic heterocycles. The van der Waals surface area contributed by atoms with E-state index in [0.29, 0.717) is 6.61 Å². The number of esters is 1. The number of carbonyl (C=O) groups is 2. The number of ether oxygens (including phenoxy) is 2. The van der Waals surface area contributed by atoms with E-state index in [1.165, 1.54) is 0 Å². The Morgan fingerprint density at radius 2 is 2.00 bits per heavy atom. The van der Waals surface area contributed by atoms with Crippen molar-refractivity contribution in [1.29, 1.82) is 0 Å². The fourth-order valence-corrected chi connectivity index (χ4v) is 1.92.